The highest BCUT2D eigenvalue weighted by atomic mass is 32.2. The fourth-order valence-electron chi connectivity index (χ4n) is 1.44. The molecule has 0 N–H and O–H groups in total. The van der Waals surface area contributed by atoms with Gasteiger partial charge in [0, 0.05) is 25.6 Å². The number of sulfonamides is 1. The molecule has 1 aliphatic rings. The van der Waals surface area contributed by atoms with Crippen molar-refractivity contribution in [3.05, 3.63) is 0 Å². The predicted octanol–water partition coefficient (Wildman–Crippen LogP) is 0.303. The third kappa shape index (κ3) is 2.65. The van der Waals surface area contributed by atoms with Gasteiger partial charge in [0.25, 0.3) is 0 Å². The standard InChI is InChI=1S/C8H17NO3S/c1-4-12-7(2)8-5-9(6-8)13(3,10)11/h7-8H,4-6H2,1-3H3. The SMILES string of the molecule is CCOC(C)C1CN(S(C)(=O)=O)C1. The minimum Gasteiger partial charge on any atom is -0.378 e. The van der Waals surface area contributed by atoms with E-state index in [-0.39, 0.29) is 6.10 Å². The molecule has 1 rings (SSSR count). The molecule has 0 bridgehead atoms. The van der Waals surface area contributed by atoms with Gasteiger partial charge < -0.3 is 4.74 Å². The normalized spacial score (nSPS) is 22.7. The number of hydrogen-bond donors (Lipinski definition) is 0. The molecule has 1 aliphatic heterocycles. The van der Waals surface area contributed by atoms with E-state index in [1.54, 1.807) is 0 Å². The second kappa shape index (κ2) is 3.94. The van der Waals surface area contributed by atoms with Crippen LogP contribution >= 0.6 is 0 Å². The third-order valence-electron chi connectivity index (χ3n) is 2.44. The van der Waals surface area contributed by atoms with Crippen LogP contribution < -0.4 is 0 Å². The van der Waals surface area contributed by atoms with Crippen LogP contribution in [0.2, 0.25) is 0 Å². The molecular formula is C8H17NO3S. The Morgan fingerprint density at radius 2 is 2.08 bits per heavy atom. The highest BCUT2D eigenvalue weighted by molar-refractivity contribution is 7.88. The van der Waals surface area contributed by atoms with Gasteiger partial charge in [-0.05, 0) is 13.8 Å². The predicted molar refractivity (Wildman–Crippen MR) is 51.0 cm³/mol. The van der Waals surface area contributed by atoms with Gasteiger partial charge in [0.05, 0.1) is 12.4 Å². The number of nitrogens with zero attached hydrogens (tertiary/aromatic N) is 1. The van der Waals surface area contributed by atoms with E-state index in [9.17, 15) is 8.42 Å². The second-order valence-corrected chi connectivity index (χ2v) is 5.48. The third-order valence-corrected chi connectivity index (χ3v) is 3.67. The van der Waals surface area contributed by atoms with Gasteiger partial charge in [-0.25, -0.2) is 12.7 Å². The fourth-order valence-corrected chi connectivity index (χ4v) is 2.36. The van der Waals surface area contributed by atoms with Gasteiger partial charge in [-0.15, -0.1) is 0 Å². The summed E-state index contributed by atoms with van der Waals surface area (Å²) in [6.07, 6.45) is 1.41. The smallest absolute Gasteiger partial charge is 0.211 e. The molecule has 78 valence electrons. The van der Waals surface area contributed by atoms with E-state index in [2.05, 4.69) is 0 Å². The summed E-state index contributed by atoms with van der Waals surface area (Å²) in [6, 6.07) is 0. The van der Waals surface area contributed by atoms with Gasteiger partial charge in [-0.2, -0.15) is 0 Å². The first-order valence-corrected chi connectivity index (χ1v) is 6.36. The molecule has 1 saturated heterocycles. The molecule has 4 nitrogen and oxygen atoms in total. The number of ether oxygens (including phenoxy) is 1. The molecule has 13 heavy (non-hydrogen) atoms. The van der Waals surface area contributed by atoms with E-state index >= 15 is 0 Å². The van der Waals surface area contributed by atoms with Gasteiger partial charge in [0.1, 0.15) is 0 Å². The van der Waals surface area contributed by atoms with E-state index in [4.69, 9.17) is 4.74 Å². The molecule has 0 aromatic rings. The Balaban J connectivity index is 2.33. The van der Waals surface area contributed by atoms with E-state index in [0.717, 1.165) is 0 Å². The van der Waals surface area contributed by atoms with Gasteiger partial charge in [-0.1, -0.05) is 0 Å². The Hall–Kier alpha value is -0.130. The first-order chi connectivity index (χ1) is 5.95. The van der Waals surface area contributed by atoms with Crippen molar-refractivity contribution in [2.45, 2.75) is 20.0 Å². The Morgan fingerprint density at radius 3 is 2.46 bits per heavy atom. The van der Waals surface area contributed by atoms with E-state index in [0.29, 0.717) is 25.6 Å². The molecule has 1 atom stereocenters. The summed E-state index contributed by atoms with van der Waals surface area (Å²) in [5.74, 6) is 0.370. The summed E-state index contributed by atoms with van der Waals surface area (Å²) in [5, 5.41) is 0. The summed E-state index contributed by atoms with van der Waals surface area (Å²) in [7, 11) is -2.97. The molecule has 0 aromatic carbocycles. The summed E-state index contributed by atoms with van der Waals surface area (Å²) in [5.41, 5.74) is 0. The molecule has 0 amide bonds. The molecule has 5 heteroatoms. The fraction of sp³-hybridized carbons (Fsp3) is 1.00. The first-order valence-electron chi connectivity index (χ1n) is 4.52. The van der Waals surface area contributed by atoms with Crippen molar-refractivity contribution in [2.24, 2.45) is 5.92 Å². The van der Waals surface area contributed by atoms with Gasteiger partial charge in [0.15, 0.2) is 0 Å². The van der Waals surface area contributed by atoms with Gasteiger partial charge >= 0.3 is 0 Å². The molecule has 0 aromatic heterocycles. The lowest BCUT2D eigenvalue weighted by molar-refractivity contribution is -0.00893. The van der Waals surface area contributed by atoms with Crippen LogP contribution in [0.4, 0.5) is 0 Å². The Morgan fingerprint density at radius 1 is 1.54 bits per heavy atom. The number of rotatable bonds is 4. The van der Waals surface area contributed by atoms with Crippen molar-refractivity contribution < 1.29 is 13.2 Å². The Kier molecular flexibility index (Phi) is 3.32. The number of hydrogen-bond acceptors (Lipinski definition) is 3. The minimum absolute atomic E-state index is 0.169. The van der Waals surface area contributed by atoms with Gasteiger partial charge in [0.2, 0.25) is 10.0 Å². The zero-order chi connectivity index (χ0) is 10.1. The lowest BCUT2D eigenvalue weighted by Crippen LogP contribution is -2.53. The van der Waals surface area contributed by atoms with Crippen LogP contribution in [0, 0.1) is 5.92 Å². The summed E-state index contributed by atoms with van der Waals surface area (Å²) in [4.78, 5) is 0. The van der Waals surface area contributed by atoms with Crippen LogP contribution in [0.3, 0.4) is 0 Å². The van der Waals surface area contributed by atoms with Gasteiger partial charge in [-0.3, -0.25) is 0 Å². The maximum atomic E-state index is 11.0. The highest BCUT2D eigenvalue weighted by Crippen LogP contribution is 2.23. The second-order valence-electron chi connectivity index (χ2n) is 3.50. The minimum atomic E-state index is -2.97. The Labute approximate surface area is 79.9 Å². The molecule has 1 fully saturated rings. The van der Waals surface area contributed by atoms with Crippen LogP contribution in [0.5, 0.6) is 0 Å². The van der Waals surface area contributed by atoms with Crippen LogP contribution in [0.1, 0.15) is 13.8 Å². The molecule has 0 aliphatic carbocycles. The lowest BCUT2D eigenvalue weighted by atomic mass is 9.97. The van der Waals surface area contributed by atoms with E-state index in [1.165, 1.54) is 10.6 Å². The van der Waals surface area contributed by atoms with E-state index in [1.807, 2.05) is 13.8 Å². The van der Waals surface area contributed by atoms with Crippen LogP contribution in [0.15, 0.2) is 0 Å². The van der Waals surface area contributed by atoms with Crippen molar-refractivity contribution in [3.8, 4) is 0 Å². The summed E-state index contributed by atoms with van der Waals surface area (Å²) >= 11 is 0. The molecule has 1 unspecified atom stereocenters. The van der Waals surface area contributed by atoms with Crippen LogP contribution in [-0.2, 0) is 14.8 Å². The zero-order valence-electron chi connectivity index (χ0n) is 8.36. The summed E-state index contributed by atoms with van der Waals surface area (Å²) in [6.45, 7) is 5.85. The monoisotopic (exact) mass is 207 g/mol. The molecule has 0 radical (unpaired) electrons. The van der Waals surface area contributed by atoms with Crippen molar-refractivity contribution in [3.63, 3.8) is 0 Å². The first kappa shape index (κ1) is 10.9. The topological polar surface area (TPSA) is 46.6 Å². The maximum absolute atomic E-state index is 11.0. The Bertz CT molecular complexity index is 257. The van der Waals surface area contributed by atoms with Crippen LogP contribution in [0.25, 0.3) is 0 Å². The molecular weight excluding hydrogens is 190 g/mol. The maximum Gasteiger partial charge on any atom is 0.211 e. The quantitative estimate of drug-likeness (QED) is 0.666. The van der Waals surface area contributed by atoms with Crippen molar-refractivity contribution in [1.82, 2.24) is 4.31 Å². The zero-order valence-corrected chi connectivity index (χ0v) is 9.17. The lowest BCUT2D eigenvalue weighted by Gasteiger charge is -2.40. The average molecular weight is 207 g/mol. The highest BCUT2D eigenvalue weighted by Gasteiger charge is 2.36. The van der Waals surface area contributed by atoms with Crippen LogP contribution in [-0.4, -0.2) is 44.8 Å². The molecule has 0 saturated carbocycles. The summed E-state index contributed by atoms with van der Waals surface area (Å²) < 4.78 is 28.9. The molecule has 0 spiro atoms. The molecule has 1 heterocycles. The van der Waals surface area contributed by atoms with E-state index < -0.39 is 10.0 Å². The van der Waals surface area contributed by atoms with Crippen molar-refractivity contribution in [1.29, 1.82) is 0 Å². The largest absolute Gasteiger partial charge is 0.378 e. The van der Waals surface area contributed by atoms with Crippen molar-refractivity contribution in [2.75, 3.05) is 26.0 Å². The average Bonchev–Trinajstić information content (AvgIpc) is 1.79. The van der Waals surface area contributed by atoms with Crippen molar-refractivity contribution >= 4 is 10.0 Å².